The summed E-state index contributed by atoms with van der Waals surface area (Å²) in [6, 6.07) is 8.12. The van der Waals surface area contributed by atoms with Crippen molar-refractivity contribution in [2.24, 2.45) is 5.73 Å². The zero-order valence-corrected chi connectivity index (χ0v) is 10.8. The number of rotatable bonds is 5. The van der Waals surface area contributed by atoms with Crippen LogP contribution in [0.15, 0.2) is 30.5 Å². The van der Waals surface area contributed by atoms with Gasteiger partial charge in [0.2, 0.25) is 0 Å². The molecule has 0 radical (unpaired) electrons. The quantitative estimate of drug-likeness (QED) is 0.850. The molecule has 0 saturated carbocycles. The van der Waals surface area contributed by atoms with E-state index in [-0.39, 0.29) is 6.04 Å². The second-order valence-corrected chi connectivity index (χ2v) is 4.49. The van der Waals surface area contributed by atoms with Gasteiger partial charge in [0.05, 0.1) is 19.0 Å². The van der Waals surface area contributed by atoms with Crippen molar-refractivity contribution in [2.75, 3.05) is 7.11 Å². The van der Waals surface area contributed by atoms with Crippen LogP contribution in [0.5, 0.6) is 5.75 Å². The lowest BCUT2D eigenvalue weighted by Gasteiger charge is -2.03. The lowest BCUT2D eigenvalue weighted by Crippen LogP contribution is -2.15. The maximum atomic E-state index is 5.74. The molecule has 18 heavy (non-hydrogen) atoms. The molecule has 0 bridgehead atoms. The number of H-pyrrole nitrogens is 1. The molecule has 1 unspecified atom stereocenters. The number of methoxy groups -OCH3 is 1. The molecule has 0 spiro atoms. The van der Waals surface area contributed by atoms with Crippen molar-refractivity contribution in [1.29, 1.82) is 0 Å². The van der Waals surface area contributed by atoms with Gasteiger partial charge in [-0.2, -0.15) is 0 Å². The average molecular weight is 245 g/mol. The van der Waals surface area contributed by atoms with Gasteiger partial charge in [-0.3, -0.25) is 0 Å². The molecule has 1 aromatic heterocycles. The van der Waals surface area contributed by atoms with Crippen molar-refractivity contribution in [3.8, 4) is 17.0 Å². The molecule has 4 heteroatoms. The Morgan fingerprint density at radius 2 is 2.28 bits per heavy atom. The van der Waals surface area contributed by atoms with E-state index in [2.05, 4.69) is 9.97 Å². The van der Waals surface area contributed by atoms with Gasteiger partial charge >= 0.3 is 0 Å². The summed E-state index contributed by atoms with van der Waals surface area (Å²) < 4.78 is 5.21. The number of aryl methyl sites for hydroxylation is 1. The normalized spacial score (nSPS) is 12.4. The first-order valence-electron chi connectivity index (χ1n) is 6.13. The predicted molar refractivity (Wildman–Crippen MR) is 72.5 cm³/mol. The summed E-state index contributed by atoms with van der Waals surface area (Å²) in [5, 5.41) is 0. The van der Waals surface area contributed by atoms with Crippen LogP contribution in [0.2, 0.25) is 0 Å². The molecule has 0 saturated heterocycles. The lowest BCUT2D eigenvalue weighted by atomic mass is 10.1. The molecule has 0 aliphatic rings. The molecule has 2 aromatic rings. The van der Waals surface area contributed by atoms with Crippen LogP contribution in [-0.4, -0.2) is 23.1 Å². The highest BCUT2D eigenvalue weighted by atomic mass is 16.5. The average Bonchev–Trinajstić information content (AvgIpc) is 2.85. The highest BCUT2D eigenvalue weighted by Crippen LogP contribution is 2.22. The summed E-state index contributed by atoms with van der Waals surface area (Å²) in [7, 11) is 1.67. The van der Waals surface area contributed by atoms with Gasteiger partial charge in [-0.25, -0.2) is 4.98 Å². The number of nitrogens with zero attached hydrogens (tertiary/aromatic N) is 1. The fraction of sp³-hybridized carbons (Fsp3) is 0.357. The van der Waals surface area contributed by atoms with Gasteiger partial charge in [0.15, 0.2) is 0 Å². The van der Waals surface area contributed by atoms with Crippen molar-refractivity contribution < 1.29 is 4.74 Å². The monoisotopic (exact) mass is 245 g/mol. The third-order valence-electron chi connectivity index (χ3n) is 2.85. The van der Waals surface area contributed by atoms with Crippen LogP contribution in [0.3, 0.4) is 0 Å². The van der Waals surface area contributed by atoms with Crippen LogP contribution < -0.4 is 10.5 Å². The Morgan fingerprint density at radius 1 is 1.44 bits per heavy atom. The third kappa shape index (κ3) is 3.11. The summed E-state index contributed by atoms with van der Waals surface area (Å²) in [6.45, 7) is 2.01. The van der Waals surface area contributed by atoms with E-state index in [0.717, 1.165) is 35.7 Å². The zero-order valence-electron chi connectivity index (χ0n) is 10.8. The molecule has 4 nitrogen and oxygen atoms in total. The Bertz CT molecular complexity index is 505. The molecule has 1 heterocycles. The fourth-order valence-corrected chi connectivity index (χ4v) is 1.79. The van der Waals surface area contributed by atoms with Crippen molar-refractivity contribution >= 4 is 0 Å². The molecular formula is C14H19N3O. The Balaban J connectivity index is 2.13. The Kier molecular flexibility index (Phi) is 3.99. The van der Waals surface area contributed by atoms with Gasteiger partial charge in [0.1, 0.15) is 11.6 Å². The SMILES string of the molecule is COc1cccc(-c2cnc(CCC(C)N)[nH]2)c1. The predicted octanol–water partition coefficient (Wildman–Crippen LogP) is 2.37. The second kappa shape index (κ2) is 5.69. The molecule has 0 fully saturated rings. The number of aromatic nitrogens is 2. The molecule has 1 atom stereocenters. The highest BCUT2D eigenvalue weighted by Gasteiger charge is 2.05. The van der Waals surface area contributed by atoms with Crippen LogP contribution in [0.25, 0.3) is 11.3 Å². The van der Waals surface area contributed by atoms with E-state index in [4.69, 9.17) is 10.5 Å². The first-order chi connectivity index (χ1) is 8.69. The minimum absolute atomic E-state index is 0.204. The van der Waals surface area contributed by atoms with E-state index < -0.39 is 0 Å². The van der Waals surface area contributed by atoms with Gasteiger partial charge in [-0.15, -0.1) is 0 Å². The number of hydrogen-bond acceptors (Lipinski definition) is 3. The topological polar surface area (TPSA) is 63.9 Å². The fourth-order valence-electron chi connectivity index (χ4n) is 1.79. The van der Waals surface area contributed by atoms with Gasteiger partial charge in [-0.1, -0.05) is 12.1 Å². The maximum absolute atomic E-state index is 5.74. The molecule has 96 valence electrons. The number of nitrogens with two attached hydrogens (primary N) is 1. The van der Waals surface area contributed by atoms with Crippen LogP contribution in [0.4, 0.5) is 0 Å². The van der Waals surface area contributed by atoms with Gasteiger partial charge in [0.25, 0.3) is 0 Å². The number of ether oxygens (including phenoxy) is 1. The molecule has 3 N–H and O–H groups in total. The largest absolute Gasteiger partial charge is 0.497 e. The van der Waals surface area contributed by atoms with E-state index in [0.29, 0.717) is 0 Å². The first-order valence-corrected chi connectivity index (χ1v) is 6.13. The minimum Gasteiger partial charge on any atom is -0.497 e. The van der Waals surface area contributed by atoms with Crippen LogP contribution in [0.1, 0.15) is 19.2 Å². The minimum atomic E-state index is 0.204. The van der Waals surface area contributed by atoms with Gasteiger partial charge in [0, 0.05) is 18.0 Å². The van der Waals surface area contributed by atoms with E-state index >= 15 is 0 Å². The summed E-state index contributed by atoms with van der Waals surface area (Å²) in [4.78, 5) is 7.68. The van der Waals surface area contributed by atoms with Crippen LogP contribution in [0, 0.1) is 0 Å². The number of benzene rings is 1. The van der Waals surface area contributed by atoms with E-state index in [9.17, 15) is 0 Å². The smallest absolute Gasteiger partial charge is 0.119 e. The number of imidazole rings is 1. The van der Waals surface area contributed by atoms with Crippen molar-refractivity contribution in [3.05, 3.63) is 36.3 Å². The Labute approximate surface area is 107 Å². The van der Waals surface area contributed by atoms with E-state index in [1.54, 1.807) is 7.11 Å². The Hall–Kier alpha value is -1.81. The molecule has 0 aliphatic heterocycles. The third-order valence-corrected chi connectivity index (χ3v) is 2.85. The summed E-state index contributed by atoms with van der Waals surface area (Å²) in [6.07, 6.45) is 3.66. The lowest BCUT2D eigenvalue weighted by molar-refractivity contribution is 0.415. The van der Waals surface area contributed by atoms with Gasteiger partial charge < -0.3 is 15.5 Å². The van der Waals surface area contributed by atoms with Crippen molar-refractivity contribution in [1.82, 2.24) is 9.97 Å². The van der Waals surface area contributed by atoms with Crippen molar-refractivity contribution in [3.63, 3.8) is 0 Å². The van der Waals surface area contributed by atoms with Crippen LogP contribution >= 0.6 is 0 Å². The number of hydrogen-bond donors (Lipinski definition) is 2. The van der Waals surface area contributed by atoms with Crippen LogP contribution in [-0.2, 0) is 6.42 Å². The molecule has 0 aliphatic carbocycles. The molecular weight excluding hydrogens is 226 g/mol. The summed E-state index contributed by atoms with van der Waals surface area (Å²) in [5.41, 5.74) is 7.82. The molecule has 2 rings (SSSR count). The Morgan fingerprint density at radius 3 is 3.00 bits per heavy atom. The second-order valence-electron chi connectivity index (χ2n) is 4.49. The number of nitrogens with one attached hydrogen (secondary N) is 1. The molecule has 0 amide bonds. The van der Waals surface area contributed by atoms with Gasteiger partial charge in [-0.05, 0) is 25.5 Å². The first kappa shape index (κ1) is 12.6. The van der Waals surface area contributed by atoms with Crippen molar-refractivity contribution in [2.45, 2.75) is 25.8 Å². The standard InChI is InChI=1S/C14H19N3O/c1-10(15)6-7-14-16-9-13(17-14)11-4-3-5-12(8-11)18-2/h3-5,8-10H,6-7,15H2,1-2H3,(H,16,17). The number of aromatic amines is 1. The zero-order chi connectivity index (χ0) is 13.0. The maximum Gasteiger partial charge on any atom is 0.119 e. The van der Waals surface area contributed by atoms with E-state index in [1.165, 1.54) is 0 Å². The molecule has 1 aromatic carbocycles. The van der Waals surface area contributed by atoms with E-state index in [1.807, 2.05) is 37.4 Å². The highest BCUT2D eigenvalue weighted by molar-refractivity contribution is 5.60. The summed E-state index contributed by atoms with van der Waals surface area (Å²) in [5.74, 6) is 1.82. The summed E-state index contributed by atoms with van der Waals surface area (Å²) >= 11 is 0.